The molecule has 1 N–H and O–H groups in total. The summed E-state index contributed by atoms with van der Waals surface area (Å²) in [4.78, 5) is 5.03. The van der Waals surface area contributed by atoms with Crippen LogP contribution in [0.4, 0.5) is 0 Å². The quantitative estimate of drug-likeness (QED) is 0.410. The fraction of sp³-hybridized carbons (Fsp3) is 0.136. The van der Waals surface area contributed by atoms with Gasteiger partial charge in [0.15, 0.2) is 0 Å². The summed E-state index contributed by atoms with van der Waals surface area (Å²) in [6.07, 6.45) is 0.987. The highest BCUT2D eigenvalue weighted by atomic mass is 35.5. The molecule has 0 aliphatic carbocycles. The van der Waals surface area contributed by atoms with Crippen LogP contribution in [0.5, 0.6) is 0 Å². The fourth-order valence-corrected chi connectivity index (χ4v) is 4.45. The lowest BCUT2D eigenvalue weighted by molar-refractivity contribution is 0.646. The molecule has 26 heavy (non-hydrogen) atoms. The van der Waals surface area contributed by atoms with Crippen LogP contribution in [0.15, 0.2) is 54.6 Å². The first-order valence-electron chi connectivity index (χ1n) is 8.72. The second kappa shape index (κ2) is 6.24. The first-order valence-corrected chi connectivity index (χ1v) is 9.47. The Kier molecular flexibility index (Phi) is 3.86. The van der Waals surface area contributed by atoms with Crippen LogP contribution in [0.25, 0.3) is 32.9 Å². The summed E-state index contributed by atoms with van der Waals surface area (Å²) in [7, 11) is 0. The lowest BCUT2D eigenvalue weighted by Gasteiger charge is -2.23. The van der Waals surface area contributed by atoms with Crippen LogP contribution in [-0.2, 0) is 13.0 Å². The van der Waals surface area contributed by atoms with Crippen molar-refractivity contribution >= 4 is 44.9 Å². The highest BCUT2D eigenvalue weighted by molar-refractivity contribution is 6.36. The predicted molar refractivity (Wildman–Crippen MR) is 110 cm³/mol. The normalized spacial score (nSPS) is 13.9. The number of fused-ring (bicyclic) bond motifs is 5. The van der Waals surface area contributed by atoms with Crippen molar-refractivity contribution < 1.29 is 0 Å². The molecule has 3 aromatic carbocycles. The van der Waals surface area contributed by atoms with Gasteiger partial charge in [-0.25, -0.2) is 4.98 Å². The van der Waals surface area contributed by atoms with Crippen molar-refractivity contribution in [3.63, 3.8) is 0 Å². The summed E-state index contributed by atoms with van der Waals surface area (Å²) >= 11 is 12.6. The molecule has 0 fully saturated rings. The van der Waals surface area contributed by atoms with E-state index in [4.69, 9.17) is 28.2 Å². The number of pyridine rings is 1. The molecule has 0 atom stereocenters. The summed E-state index contributed by atoms with van der Waals surface area (Å²) in [5.41, 5.74) is 5.53. The molecule has 0 radical (unpaired) electrons. The van der Waals surface area contributed by atoms with Crippen molar-refractivity contribution in [1.82, 2.24) is 10.3 Å². The average Bonchev–Trinajstić information content (AvgIpc) is 2.67. The van der Waals surface area contributed by atoms with E-state index in [9.17, 15) is 0 Å². The molecule has 128 valence electrons. The largest absolute Gasteiger partial charge is 0.312 e. The first kappa shape index (κ1) is 16.1. The van der Waals surface area contributed by atoms with Crippen molar-refractivity contribution in [3.05, 3.63) is 75.8 Å². The van der Waals surface area contributed by atoms with E-state index in [0.717, 1.165) is 36.3 Å². The van der Waals surface area contributed by atoms with Gasteiger partial charge in [-0.15, -0.1) is 0 Å². The highest BCUT2D eigenvalue weighted by Crippen LogP contribution is 2.38. The van der Waals surface area contributed by atoms with Crippen LogP contribution in [0, 0.1) is 0 Å². The standard InChI is InChI=1S/C22H16Cl2N2/c23-14-6-7-17(19(24)11-14)22-18-12-25-10-9-16(18)21-15-4-2-1-3-13(15)5-8-20(21)26-22/h1-8,11,25H,9-10,12H2. The van der Waals surface area contributed by atoms with E-state index in [2.05, 4.69) is 41.7 Å². The van der Waals surface area contributed by atoms with Crippen molar-refractivity contribution in [2.24, 2.45) is 0 Å². The zero-order valence-corrected chi connectivity index (χ0v) is 15.5. The van der Waals surface area contributed by atoms with Gasteiger partial charge in [0.1, 0.15) is 0 Å². The Morgan fingerprint density at radius 1 is 0.923 bits per heavy atom. The van der Waals surface area contributed by atoms with E-state index in [-0.39, 0.29) is 0 Å². The topological polar surface area (TPSA) is 24.9 Å². The average molecular weight is 379 g/mol. The molecule has 0 saturated heterocycles. The van der Waals surface area contributed by atoms with Crippen LogP contribution >= 0.6 is 23.2 Å². The van der Waals surface area contributed by atoms with Gasteiger partial charge in [0.2, 0.25) is 0 Å². The number of rotatable bonds is 1. The molecular formula is C22H16Cl2N2. The molecule has 1 aliphatic heterocycles. The van der Waals surface area contributed by atoms with Gasteiger partial charge < -0.3 is 5.32 Å². The Hall–Kier alpha value is -2.13. The monoisotopic (exact) mass is 378 g/mol. The van der Waals surface area contributed by atoms with Crippen molar-refractivity contribution in [2.75, 3.05) is 6.54 Å². The van der Waals surface area contributed by atoms with Crippen molar-refractivity contribution in [3.8, 4) is 11.3 Å². The second-order valence-corrected chi connectivity index (χ2v) is 7.49. The van der Waals surface area contributed by atoms with Crippen molar-refractivity contribution in [2.45, 2.75) is 13.0 Å². The van der Waals surface area contributed by atoms with Gasteiger partial charge in [-0.1, -0.05) is 53.5 Å². The van der Waals surface area contributed by atoms with Gasteiger partial charge in [-0.3, -0.25) is 0 Å². The number of hydrogen-bond donors (Lipinski definition) is 1. The van der Waals surface area contributed by atoms with Crippen molar-refractivity contribution in [1.29, 1.82) is 0 Å². The summed E-state index contributed by atoms with van der Waals surface area (Å²) in [5.74, 6) is 0. The van der Waals surface area contributed by atoms with Crippen LogP contribution in [-0.4, -0.2) is 11.5 Å². The lowest BCUT2D eigenvalue weighted by atomic mass is 9.90. The number of hydrogen-bond acceptors (Lipinski definition) is 2. The van der Waals surface area contributed by atoms with E-state index in [1.807, 2.05) is 12.1 Å². The van der Waals surface area contributed by atoms with Gasteiger partial charge in [0.05, 0.1) is 16.2 Å². The minimum Gasteiger partial charge on any atom is -0.312 e. The molecule has 1 aromatic heterocycles. The number of aromatic nitrogens is 1. The first-order chi connectivity index (χ1) is 12.7. The molecule has 0 amide bonds. The molecule has 0 spiro atoms. The Morgan fingerprint density at radius 2 is 1.81 bits per heavy atom. The SMILES string of the molecule is Clc1ccc(-c2nc3ccc4ccccc4c3c3c2CNCC3)c(Cl)c1. The molecule has 4 aromatic rings. The predicted octanol–water partition coefficient (Wildman–Crippen LogP) is 6.01. The van der Waals surface area contributed by atoms with E-state index in [1.165, 1.54) is 27.3 Å². The summed E-state index contributed by atoms with van der Waals surface area (Å²) in [6.45, 7) is 1.78. The maximum absolute atomic E-state index is 6.51. The summed E-state index contributed by atoms with van der Waals surface area (Å²) < 4.78 is 0. The van der Waals surface area contributed by atoms with Gasteiger partial charge in [-0.2, -0.15) is 0 Å². The Labute approximate surface area is 161 Å². The van der Waals surface area contributed by atoms with Crippen LogP contribution in [0.3, 0.4) is 0 Å². The molecule has 0 unspecified atom stereocenters. The highest BCUT2D eigenvalue weighted by Gasteiger charge is 2.21. The molecule has 0 saturated carbocycles. The van der Waals surface area contributed by atoms with Crippen LogP contribution < -0.4 is 5.32 Å². The Morgan fingerprint density at radius 3 is 2.69 bits per heavy atom. The Balaban J connectivity index is 1.90. The van der Waals surface area contributed by atoms with Gasteiger partial charge in [0.25, 0.3) is 0 Å². The molecule has 0 bridgehead atoms. The zero-order chi connectivity index (χ0) is 17.7. The maximum atomic E-state index is 6.51. The molecule has 5 rings (SSSR count). The van der Waals surface area contributed by atoms with Gasteiger partial charge in [-0.05, 0) is 59.1 Å². The van der Waals surface area contributed by atoms with Gasteiger partial charge in [0, 0.05) is 22.5 Å². The third-order valence-electron chi connectivity index (χ3n) is 5.13. The molecular weight excluding hydrogens is 363 g/mol. The summed E-state index contributed by atoms with van der Waals surface area (Å²) in [6, 6.07) is 18.4. The van der Waals surface area contributed by atoms with Gasteiger partial charge >= 0.3 is 0 Å². The fourth-order valence-electron chi connectivity index (χ4n) is 3.95. The number of nitrogens with one attached hydrogen (secondary N) is 1. The third-order valence-corrected chi connectivity index (χ3v) is 5.68. The maximum Gasteiger partial charge on any atom is 0.0772 e. The minimum absolute atomic E-state index is 0.637. The van der Waals surface area contributed by atoms with Crippen LogP contribution in [0.2, 0.25) is 10.0 Å². The zero-order valence-electron chi connectivity index (χ0n) is 14.0. The Bertz CT molecular complexity index is 1170. The number of nitrogens with zero attached hydrogens (tertiary/aromatic N) is 1. The van der Waals surface area contributed by atoms with E-state index >= 15 is 0 Å². The smallest absolute Gasteiger partial charge is 0.0772 e. The number of halogens is 2. The lowest BCUT2D eigenvalue weighted by Crippen LogP contribution is -2.25. The van der Waals surface area contributed by atoms with E-state index < -0.39 is 0 Å². The molecule has 2 nitrogen and oxygen atoms in total. The van der Waals surface area contributed by atoms with Crippen LogP contribution in [0.1, 0.15) is 11.1 Å². The third kappa shape index (κ3) is 2.49. The second-order valence-electron chi connectivity index (χ2n) is 6.65. The van der Waals surface area contributed by atoms with E-state index in [1.54, 1.807) is 6.07 Å². The summed E-state index contributed by atoms with van der Waals surface area (Å²) in [5, 5.41) is 8.55. The molecule has 1 aliphatic rings. The molecule has 2 heterocycles. The molecule has 4 heteroatoms. The minimum atomic E-state index is 0.637. The number of benzene rings is 3. The van der Waals surface area contributed by atoms with E-state index in [0.29, 0.717) is 10.0 Å².